The van der Waals surface area contributed by atoms with Crippen molar-refractivity contribution in [3.8, 4) is 0 Å². The molecule has 140 valence electrons. The van der Waals surface area contributed by atoms with Gasteiger partial charge in [-0.15, -0.1) is 0 Å². The van der Waals surface area contributed by atoms with Crippen molar-refractivity contribution in [1.82, 2.24) is 0 Å². The zero-order chi connectivity index (χ0) is 18.2. The predicted octanol–water partition coefficient (Wildman–Crippen LogP) is 3.88. The molecule has 0 heterocycles. The van der Waals surface area contributed by atoms with Crippen LogP contribution in [0.3, 0.4) is 0 Å². The molecule has 3 heteroatoms. The number of carbonyl (C=O) groups excluding carboxylic acids is 1. The van der Waals surface area contributed by atoms with Crippen molar-refractivity contribution in [3.63, 3.8) is 0 Å². The molecule has 4 rings (SSSR count). The lowest BCUT2D eigenvalue weighted by atomic mass is 9.46. The van der Waals surface area contributed by atoms with Gasteiger partial charge in [0.2, 0.25) is 0 Å². The summed E-state index contributed by atoms with van der Waals surface area (Å²) in [7, 11) is 0. The van der Waals surface area contributed by atoms with Crippen LogP contribution in [0.15, 0.2) is 11.6 Å². The number of allylic oxidation sites excluding steroid dienone is 1. The maximum atomic E-state index is 12.3. The molecule has 0 radical (unpaired) electrons. The third-order valence-electron chi connectivity index (χ3n) is 9.19. The average molecular weight is 347 g/mol. The van der Waals surface area contributed by atoms with Gasteiger partial charge in [0.1, 0.15) is 5.60 Å². The van der Waals surface area contributed by atoms with E-state index in [1.807, 2.05) is 0 Å². The monoisotopic (exact) mass is 346 g/mol. The number of hydrogen-bond acceptors (Lipinski definition) is 3. The van der Waals surface area contributed by atoms with Crippen LogP contribution in [0.2, 0.25) is 0 Å². The van der Waals surface area contributed by atoms with Crippen molar-refractivity contribution in [1.29, 1.82) is 0 Å². The Morgan fingerprint density at radius 3 is 2.56 bits per heavy atom. The normalized spacial score (nSPS) is 55.0. The van der Waals surface area contributed by atoms with Gasteiger partial charge in [0.05, 0.1) is 6.10 Å². The first-order valence-electron chi connectivity index (χ1n) is 10.2. The zero-order valence-corrected chi connectivity index (χ0v) is 16.2. The largest absolute Gasteiger partial charge is 0.393 e. The lowest BCUT2D eigenvalue weighted by Crippen LogP contribution is -2.57. The van der Waals surface area contributed by atoms with Gasteiger partial charge >= 0.3 is 0 Å². The maximum absolute atomic E-state index is 12.3. The highest BCUT2D eigenvalue weighted by Crippen LogP contribution is 2.67. The molecule has 4 aliphatic rings. The second-order valence-electron chi connectivity index (χ2n) is 10.1. The predicted molar refractivity (Wildman–Crippen MR) is 97.9 cm³/mol. The Morgan fingerprint density at radius 2 is 1.88 bits per heavy atom. The summed E-state index contributed by atoms with van der Waals surface area (Å²) in [5.74, 6) is 1.96. The number of carbonyl (C=O) groups is 1. The Hall–Kier alpha value is -0.670. The van der Waals surface area contributed by atoms with Gasteiger partial charge in [-0.05, 0) is 81.0 Å². The molecular weight excluding hydrogens is 312 g/mol. The van der Waals surface area contributed by atoms with Crippen molar-refractivity contribution in [2.45, 2.75) is 84.3 Å². The number of aliphatic hydroxyl groups is 2. The molecule has 0 aromatic carbocycles. The molecule has 8 unspecified atom stereocenters. The fraction of sp³-hybridized carbons (Fsp3) is 0.864. The number of fused-ring (bicyclic) bond motifs is 5. The third kappa shape index (κ3) is 2.15. The van der Waals surface area contributed by atoms with E-state index in [9.17, 15) is 15.0 Å². The average Bonchev–Trinajstić information content (AvgIpc) is 2.82. The molecule has 0 aromatic rings. The molecule has 0 bridgehead atoms. The van der Waals surface area contributed by atoms with Crippen molar-refractivity contribution < 1.29 is 15.0 Å². The van der Waals surface area contributed by atoms with Crippen LogP contribution in [0.1, 0.15) is 72.6 Å². The molecule has 3 saturated carbocycles. The van der Waals surface area contributed by atoms with Crippen LogP contribution in [0.4, 0.5) is 0 Å². The second-order valence-corrected chi connectivity index (χ2v) is 10.1. The van der Waals surface area contributed by atoms with Crippen molar-refractivity contribution in [2.24, 2.45) is 34.5 Å². The molecule has 0 amide bonds. The van der Waals surface area contributed by atoms with Crippen LogP contribution in [0.25, 0.3) is 0 Å². The molecule has 0 saturated heterocycles. The van der Waals surface area contributed by atoms with Gasteiger partial charge in [-0.3, -0.25) is 4.79 Å². The number of rotatable bonds is 1. The van der Waals surface area contributed by atoms with Gasteiger partial charge in [0.15, 0.2) is 5.78 Å². The summed E-state index contributed by atoms with van der Waals surface area (Å²) in [5.41, 5.74) is 0.285. The van der Waals surface area contributed by atoms with Crippen LogP contribution >= 0.6 is 0 Å². The van der Waals surface area contributed by atoms with Gasteiger partial charge in [-0.25, -0.2) is 0 Å². The standard InChI is InChI=1S/C22H34O3/c1-13-12-20(3)15(11-19(13)24)5-6-16-17(20)7-9-21(4)18(16)8-10-22(21,25)14(2)23/h5,13,16-19,24-25H,6-12H2,1-4H3. The Labute approximate surface area is 151 Å². The fourth-order valence-corrected chi connectivity index (χ4v) is 7.58. The number of aliphatic hydroxyl groups excluding tert-OH is 1. The minimum atomic E-state index is -1.12. The smallest absolute Gasteiger partial charge is 0.161 e. The Bertz CT molecular complexity index is 625. The Kier molecular flexibility index (Phi) is 3.84. The van der Waals surface area contributed by atoms with E-state index in [2.05, 4.69) is 26.8 Å². The summed E-state index contributed by atoms with van der Waals surface area (Å²) in [6, 6.07) is 0. The van der Waals surface area contributed by atoms with E-state index in [-0.39, 0.29) is 22.7 Å². The number of Topliss-reactive ketones (excluding diaryl/α,β-unsaturated/α-hetero) is 1. The van der Waals surface area contributed by atoms with Crippen LogP contribution in [-0.4, -0.2) is 27.7 Å². The molecule has 3 fully saturated rings. The second kappa shape index (κ2) is 5.42. The summed E-state index contributed by atoms with van der Waals surface area (Å²) in [6.07, 6.45) is 8.85. The van der Waals surface area contributed by atoms with Gasteiger partial charge in [-0.2, -0.15) is 0 Å². The van der Waals surface area contributed by atoms with E-state index in [1.54, 1.807) is 6.92 Å². The van der Waals surface area contributed by atoms with E-state index in [4.69, 9.17) is 0 Å². The quantitative estimate of drug-likeness (QED) is 0.709. The summed E-state index contributed by atoms with van der Waals surface area (Å²) in [5, 5.41) is 21.5. The minimum absolute atomic E-state index is 0.0383. The van der Waals surface area contributed by atoms with E-state index in [0.29, 0.717) is 30.1 Å². The lowest BCUT2D eigenvalue weighted by molar-refractivity contribution is -0.159. The first-order valence-corrected chi connectivity index (χ1v) is 10.2. The summed E-state index contributed by atoms with van der Waals surface area (Å²) in [4.78, 5) is 12.3. The third-order valence-corrected chi connectivity index (χ3v) is 9.19. The molecule has 8 atom stereocenters. The SMILES string of the molecule is CC(=O)C1(O)CCC2C3CC=C4CC(O)C(C)CC4(C)C3CCC21C. The van der Waals surface area contributed by atoms with Crippen LogP contribution in [0, 0.1) is 34.5 Å². The van der Waals surface area contributed by atoms with Crippen molar-refractivity contribution >= 4 is 5.78 Å². The highest BCUT2D eigenvalue weighted by atomic mass is 16.3. The van der Waals surface area contributed by atoms with Gasteiger partial charge in [-0.1, -0.05) is 32.4 Å². The summed E-state index contributed by atoms with van der Waals surface area (Å²) in [6.45, 7) is 8.36. The van der Waals surface area contributed by atoms with E-state index in [1.165, 1.54) is 5.57 Å². The van der Waals surface area contributed by atoms with Gasteiger partial charge < -0.3 is 10.2 Å². The summed E-state index contributed by atoms with van der Waals surface area (Å²) >= 11 is 0. The molecule has 0 spiro atoms. The molecule has 25 heavy (non-hydrogen) atoms. The van der Waals surface area contributed by atoms with Crippen LogP contribution < -0.4 is 0 Å². The molecule has 4 aliphatic carbocycles. The highest BCUT2D eigenvalue weighted by molar-refractivity contribution is 5.86. The Balaban J connectivity index is 1.70. The fourth-order valence-electron chi connectivity index (χ4n) is 7.58. The van der Waals surface area contributed by atoms with E-state index >= 15 is 0 Å². The van der Waals surface area contributed by atoms with E-state index < -0.39 is 5.60 Å². The number of ketones is 1. The Morgan fingerprint density at radius 1 is 1.20 bits per heavy atom. The molecular formula is C22H34O3. The maximum Gasteiger partial charge on any atom is 0.161 e. The van der Waals surface area contributed by atoms with Gasteiger partial charge in [0.25, 0.3) is 0 Å². The van der Waals surface area contributed by atoms with Crippen molar-refractivity contribution in [3.05, 3.63) is 11.6 Å². The summed E-state index contributed by atoms with van der Waals surface area (Å²) < 4.78 is 0. The number of hydrogen-bond donors (Lipinski definition) is 2. The van der Waals surface area contributed by atoms with E-state index in [0.717, 1.165) is 38.5 Å². The van der Waals surface area contributed by atoms with Crippen LogP contribution in [0.5, 0.6) is 0 Å². The van der Waals surface area contributed by atoms with Crippen LogP contribution in [-0.2, 0) is 4.79 Å². The molecule has 0 aromatic heterocycles. The first kappa shape index (κ1) is 17.7. The molecule has 0 aliphatic heterocycles. The molecule has 3 nitrogen and oxygen atoms in total. The van der Waals surface area contributed by atoms with Gasteiger partial charge in [0, 0.05) is 5.41 Å². The minimum Gasteiger partial charge on any atom is -0.393 e. The molecule has 2 N–H and O–H groups in total. The first-order chi connectivity index (χ1) is 11.6. The zero-order valence-electron chi connectivity index (χ0n) is 16.2. The van der Waals surface area contributed by atoms with Crippen molar-refractivity contribution in [2.75, 3.05) is 0 Å². The lowest BCUT2D eigenvalue weighted by Gasteiger charge is -2.59. The highest BCUT2D eigenvalue weighted by Gasteiger charge is 2.65. The topological polar surface area (TPSA) is 57.5 Å².